The summed E-state index contributed by atoms with van der Waals surface area (Å²) in [5, 5.41) is 9.59. The fraction of sp³-hybridized carbons (Fsp3) is 0.600. The first-order valence-electron chi connectivity index (χ1n) is 9.54. The van der Waals surface area contributed by atoms with Gasteiger partial charge in [-0.15, -0.1) is 11.3 Å². The zero-order valence-corrected chi connectivity index (χ0v) is 17.2. The smallest absolute Gasteiger partial charge is 0.226 e. The fourth-order valence-corrected chi connectivity index (χ4v) is 8.38. The minimum absolute atomic E-state index is 0.149. The number of thiophene rings is 1. The summed E-state index contributed by atoms with van der Waals surface area (Å²) in [4.78, 5) is 14.1. The van der Waals surface area contributed by atoms with Crippen molar-refractivity contribution in [3.05, 3.63) is 34.7 Å². The third-order valence-corrected chi connectivity index (χ3v) is 8.31. The fourth-order valence-electron chi connectivity index (χ4n) is 6.19. The third-order valence-electron chi connectivity index (χ3n) is 6.52. The average molecular weight is 434 g/mol. The van der Waals surface area contributed by atoms with Crippen molar-refractivity contribution in [2.75, 3.05) is 5.32 Å². The summed E-state index contributed by atoms with van der Waals surface area (Å²) in [6.07, 6.45) is 10.0. The molecule has 6 rings (SSSR count). The lowest BCUT2D eigenvalue weighted by atomic mass is 9.48. The van der Waals surface area contributed by atoms with Gasteiger partial charge in [-0.05, 0) is 67.2 Å². The highest BCUT2D eigenvalue weighted by Crippen LogP contribution is 2.65. The maximum atomic E-state index is 12.9. The van der Waals surface area contributed by atoms with Crippen molar-refractivity contribution in [2.24, 2.45) is 17.3 Å². The monoisotopic (exact) mass is 433 g/mol. The highest BCUT2D eigenvalue weighted by Gasteiger charge is 2.57. The lowest BCUT2D eigenvalue weighted by molar-refractivity contribution is -0.123. The van der Waals surface area contributed by atoms with Crippen molar-refractivity contribution >= 4 is 39.0 Å². The van der Waals surface area contributed by atoms with Crippen molar-refractivity contribution in [3.63, 3.8) is 0 Å². The van der Waals surface area contributed by atoms with Crippen LogP contribution in [0.2, 0.25) is 0 Å². The van der Waals surface area contributed by atoms with Gasteiger partial charge in [0.1, 0.15) is 5.82 Å². The van der Waals surface area contributed by atoms with Crippen molar-refractivity contribution in [1.29, 1.82) is 0 Å². The second kappa shape index (κ2) is 6.20. The minimum Gasteiger partial charge on any atom is -0.311 e. The third kappa shape index (κ3) is 3.15. The molecule has 2 aromatic heterocycles. The number of anilines is 1. The number of hydrogen-bond donors (Lipinski definition) is 1. The lowest BCUT2D eigenvalue weighted by Crippen LogP contribution is -2.53. The van der Waals surface area contributed by atoms with Gasteiger partial charge in [0, 0.05) is 21.7 Å². The Balaban J connectivity index is 1.28. The highest BCUT2D eigenvalue weighted by molar-refractivity contribution is 9.10. The highest BCUT2D eigenvalue weighted by atomic mass is 79.9. The predicted molar refractivity (Wildman–Crippen MR) is 108 cm³/mol. The standard InChI is InChI=1S/C20H24BrN3OS/c21-20-9-14-6-15(10-20)8-19(7-14,13-20)11-18(25)23-17-3-4-22-24(17)12-16-2-1-5-26-16/h1-5,14-15H,6-13H2,(H,23,25)/t14-,15-,19?,20?/m1/s1. The predicted octanol–water partition coefficient (Wildman–Crippen LogP) is 5.06. The Hall–Kier alpha value is -1.14. The Kier molecular flexibility index (Phi) is 4.05. The van der Waals surface area contributed by atoms with E-state index in [2.05, 4.69) is 37.8 Å². The molecule has 6 heteroatoms. The molecular weight excluding hydrogens is 410 g/mol. The second-order valence-corrected chi connectivity index (χ2v) is 11.5. The first kappa shape index (κ1) is 17.0. The quantitative estimate of drug-likeness (QED) is 0.669. The van der Waals surface area contributed by atoms with E-state index in [1.54, 1.807) is 17.5 Å². The minimum atomic E-state index is 0.149. The lowest BCUT2D eigenvalue weighted by Gasteiger charge is -2.60. The van der Waals surface area contributed by atoms with E-state index in [1.807, 2.05) is 16.8 Å². The molecule has 0 aromatic carbocycles. The SMILES string of the molecule is O=C(CC12C[C@H]3C[C@@H](CC(Br)(C3)C1)C2)Nc1ccnn1Cc1cccs1. The van der Waals surface area contributed by atoms with Crippen LogP contribution in [0.15, 0.2) is 29.8 Å². The second-order valence-electron chi connectivity index (χ2n) is 8.79. The number of hydrogen-bond acceptors (Lipinski definition) is 3. The number of nitrogens with one attached hydrogen (secondary N) is 1. The van der Waals surface area contributed by atoms with Crippen LogP contribution in [0.5, 0.6) is 0 Å². The van der Waals surface area contributed by atoms with Gasteiger partial charge in [-0.1, -0.05) is 22.0 Å². The van der Waals surface area contributed by atoms with Crippen LogP contribution in [0.3, 0.4) is 0 Å². The van der Waals surface area contributed by atoms with Gasteiger partial charge in [0.15, 0.2) is 0 Å². The van der Waals surface area contributed by atoms with Gasteiger partial charge in [0.05, 0.1) is 12.7 Å². The summed E-state index contributed by atoms with van der Waals surface area (Å²) in [7, 11) is 0. The van der Waals surface area contributed by atoms with Gasteiger partial charge in [-0.2, -0.15) is 5.10 Å². The Labute approximate surface area is 166 Å². The number of alkyl halides is 1. The van der Waals surface area contributed by atoms with Crippen LogP contribution in [0, 0.1) is 17.3 Å². The Morgan fingerprint density at radius 3 is 2.81 bits per heavy atom. The molecule has 1 N–H and O–H groups in total. The van der Waals surface area contributed by atoms with Gasteiger partial charge >= 0.3 is 0 Å². The summed E-state index contributed by atoms with van der Waals surface area (Å²) < 4.78 is 2.19. The molecule has 2 heterocycles. The molecule has 4 saturated carbocycles. The molecule has 4 aliphatic rings. The topological polar surface area (TPSA) is 46.9 Å². The number of halogens is 1. The number of rotatable bonds is 5. The van der Waals surface area contributed by atoms with E-state index in [0.29, 0.717) is 17.3 Å². The number of amides is 1. The van der Waals surface area contributed by atoms with Gasteiger partial charge in [-0.3, -0.25) is 4.79 Å². The Bertz CT molecular complexity index is 801. The van der Waals surface area contributed by atoms with Crippen LogP contribution in [-0.2, 0) is 11.3 Å². The largest absolute Gasteiger partial charge is 0.311 e. The average Bonchev–Trinajstić information content (AvgIpc) is 3.17. The molecular formula is C20H24BrN3OS. The van der Waals surface area contributed by atoms with Crippen LogP contribution in [0.25, 0.3) is 0 Å². The summed E-state index contributed by atoms with van der Waals surface area (Å²) in [5.41, 5.74) is 0.205. The van der Waals surface area contributed by atoms with Crippen molar-refractivity contribution in [2.45, 2.75) is 55.8 Å². The van der Waals surface area contributed by atoms with Gasteiger partial charge in [-0.25, -0.2) is 4.68 Å². The summed E-state index contributed by atoms with van der Waals surface area (Å²) >= 11 is 5.76. The molecule has 1 amide bonds. The molecule has 0 unspecified atom stereocenters. The molecule has 26 heavy (non-hydrogen) atoms. The number of carbonyl (C=O) groups is 1. The van der Waals surface area contributed by atoms with Crippen LogP contribution < -0.4 is 5.32 Å². The van der Waals surface area contributed by atoms with Gasteiger partial charge in [0.2, 0.25) is 5.91 Å². The van der Waals surface area contributed by atoms with Crippen LogP contribution in [-0.4, -0.2) is 20.0 Å². The van der Waals surface area contributed by atoms with E-state index < -0.39 is 0 Å². The molecule has 0 spiro atoms. The summed E-state index contributed by atoms with van der Waals surface area (Å²) in [5.74, 6) is 2.58. The Morgan fingerprint density at radius 1 is 1.31 bits per heavy atom. The van der Waals surface area contributed by atoms with E-state index in [9.17, 15) is 4.79 Å². The molecule has 0 aliphatic heterocycles. The number of carbonyl (C=O) groups excluding carboxylic acids is 1. The van der Waals surface area contributed by atoms with E-state index in [-0.39, 0.29) is 11.3 Å². The van der Waals surface area contributed by atoms with Crippen LogP contribution in [0.1, 0.15) is 49.8 Å². The van der Waals surface area contributed by atoms with E-state index in [4.69, 9.17) is 0 Å². The molecule has 2 aromatic rings. The molecule has 0 radical (unpaired) electrons. The molecule has 4 aliphatic carbocycles. The first-order valence-corrected chi connectivity index (χ1v) is 11.2. The summed E-state index contributed by atoms with van der Waals surface area (Å²) in [6, 6.07) is 6.05. The molecule has 4 bridgehead atoms. The first-order chi connectivity index (χ1) is 12.5. The van der Waals surface area contributed by atoms with Crippen molar-refractivity contribution < 1.29 is 4.79 Å². The summed E-state index contributed by atoms with van der Waals surface area (Å²) in [6.45, 7) is 0.708. The normalized spacial score (nSPS) is 35.0. The van der Waals surface area contributed by atoms with Crippen molar-refractivity contribution in [1.82, 2.24) is 9.78 Å². The van der Waals surface area contributed by atoms with Crippen LogP contribution >= 0.6 is 27.3 Å². The maximum Gasteiger partial charge on any atom is 0.226 e. The van der Waals surface area contributed by atoms with E-state index >= 15 is 0 Å². The van der Waals surface area contributed by atoms with Crippen molar-refractivity contribution in [3.8, 4) is 0 Å². The zero-order chi connectivity index (χ0) is 17.8. The Morgan fingerprint density at radius 2 is 2.12 bits per heavy atom. The molecule has 4 fully saturated rings. The van der Waals surface area contributed by atoms with Gasteiger partial charge in [0.25, 0.3) is 0 Å². The molecule has 4 nitrogen and oxygen atoms in total. The zero-order valence-electron chi connectivity index (χ0n) is 14.8. The molecule has 2 atom stereocenters. The molecule has 0 saturated heterocycles. The number of aromatic nitrogens is 2. The van der Waals surface area contributed by atoms with E-state index in [0.717, 1.165) is 24.1 Å². The van der Waals surface area contributed by atoms with Gasteiger partial charge < -0.3 is 5.32 Å². The number of nitrogens with zero attached hydrogens (tertiary/aromatic N) is 2. The maximum absolute atomic E-state index is 12.9. The van der Waals surface area contributed by atoms with Crippen LogP contribution in [0.4, 0.5) is 5.82 Å². The van der Waals surface area contributed by atoms with E-state index in [1.165, 1.54) is 37.0 Å². The molecule has 138 valence electrons.